The van der Waals surface area contributed by atoms with E-state index in [4.69, 9.17) is 9.41 Å². The zero-order chi connectivity index (χ0) is 38.0. The molecule has 1 N–H and O–H groups in total. The lowest BCUT2D eigenvalue weighted by Crippen LogP contribution is -2.14. The van der Waals surface area contributed by atoms with Gasteiger partial charge >= 0.3 is 0 Å². The van der Waals surface area contributed by atoms with Crippen LogP contribution in [0.25, 0.3) is 61.0 Å². The molecule has 0 aliphatic heterocycles. The molecule has 2 atom stereocenters. The summed E-state index contributed by atoms with van der Waals surface area (Å²) in [4.78, 5) is 5.17. The van der Waals surface area contributed by atoms with Crippen LogP contribution in [0.1, 0.15) is 60.6 Å². The number of aliphatic imine (C=N–C) groups is 1. The standard InChI is InChI=1S/C53H44N2O/c1-33(51(54)40-23-22-36-21-20-35-14-7-8-17-41(35)45(36)30-40)28-48(55-32-34-12-5-4-6-13-34)39-16-11-15-37(29-39)38-24-25-44-47(31-38)53(2,3)46-27-26-43-42-18-9-10-19-49(42)56-52(43)50(44)46/h4-12,14-19,22-34,54H,13,20-21H2,1-3H3/b48-28-,54-51?,55-32+. The van der Waals surface area contributed by atoms with Gasteiger partial charge in [-0.3, -0.25) is 4.99 Å². The quantitative estimate of drug-likeness (QED) is 0.164. The van der Waals surface area contributed by atoms with Crippen molar-refractivity contribution in [2.45, 2.75) is 45.4 Å². The number of benzene rings is 6. The first-order valence-electron chi connectivity index (χ1n) is 19.9. The molecule has 1 aromatic heterocycles. The molecule has 3 nitrogen and oxygen atoms in total. The second kappa shape index (κ2) is 13.5. The van der Waals surface area contributed by atoms with Crippen LogP contribution in [-0.2, 0) is 18.3 Å². The fraction of sp³-hybridized carbons (Fsp3) is 0.170. The number of fused-ring (bicyclic) bond motifs is 10. The molecular weight excluding hydrogens is 681 g/mol. The number of para-hydroxylation sites is 1. The normalized spacial score (nSPS) is 17.2. The van der Waals surface area contributed by atoms with Crippen LogP contribution in [0.5, 0.6) is 0 Å². The summed E-state index contributed by atoms with van der Waals surface area (Å²) >= 11 is 0. The summed E-state index contributed by atoms with van der Waals surface area (Å²) in [5.74, 6) is 0.0831. The third-order valence-corrected chi connectivity index (χ3v) is 12.3. The number of allylic oxidation sites excluding steroid dienone is 5. The second-order valence-electron chi connectivity index (χ2n) is 16.2. The molecule has 6 aromatic carbocycles. The summed E-state index contributed by atoms with van der Waals surface area (Å²) < 4.78 is 6.54. The van der Waals surface area contributed by atoms with Gasteiger partial charge in [-0.05, 0) is 105 Å². The van der Waals surface area contributed by atoms with Crippen LogP contribution in [0, 0.1) is 17.2 Å². The molecule has 1 heterocycles. The number of nitrogens with one attached hydrogen (secondary N) is 1. The van der Waals surface area contributed by atoms with Gasteiger partial charge < -0.3 is 9.83 Å². The molecule has 3 aliphatic rings. The fourth-order valence-corrected chi connectivity index (χ4v) is 9.21. The molecule has 7 aromatic rings. The third kappa shape index (κ3) is 5.73. The zero-order valence-corrected chi connectivity index (χ0v) is 32.1. The summed E-state index contributed by atoms with van der Waals surface area (Å²) in [5.41, 5.74) is 17.9. The van der Waals surface area contributed by atoms with Gasteiger partial charge in [0.15, 0.2) is 0 Å². The first-order chi connectivity index (χ1) is 27.3. The molecule has 56 heavy (non-hydrogen) atoms. The summed E-state index contributed by atoms with van der Waals surface area (Å²) in [6.07, 6.45) is 15.9. The predicted octanol–water partition coefficient (Wildman–Crippen LogP) is 13.6. The van der Waals surface area contributed by atoms with Gasteiger partial charge in [0.2, 0.25) is 0 Å². The SMILES string of the molecule is CC(/C=C(\N=C\C1C=CC=CC1)c1cccc(-c2ccc3c(c2)C(C)(C)c2ccc4c(oc5ccccc54)c2-3)c1)C(=N)c1ccc2c(c1)-c1ccccc1CC2. The second-order valence-corrected chi connectivity index (χ2v) is 16.2. The highest BCUT2D eigenvalue weighted by atomic mass is 16.3. The molecule has 0 fully saturated rings. The molecule has 0 spiro atoms. The Morgan fingerprint density at radius 1 is 0.732 bits per heavy atom. The molecule has 0 radical (unpaired) electrons. The molecule has 0 saturated carbocycles. The molecule has 0 amide bonds. The highest BCUT2D eigenvalue weighted by Gasteiger charge is 2.38. The Kier molecular flexibility index (Phi) is 8.22. The Hall–Kier alpha value is -6.32. The molecular formula is C53H44N2O. The van der Waals surface area contributed by atoms with Crippen LogP contribution in [0.4, 0.5) is 0 Å². The molecule has 10 rings (SSSR count). The van der Waals surface area contributed by atoms with E-state index in [2.05, 4.69) is 173 Å². The number of nitrogens with zero attached hydrogens (tertiary/aromatic N) is 1. The van der Waals surface area contributed by atoms with E-state index in [0.717, 1.165) is 58.2 Å². The van der Waals surface area contributed by atoms with Crippen molar-refractivity contribution in [3.63, 3.8) is 0 Å². The maximum absolute atomic E-state index is 9.42. The zero-order valence-electron chi connectivity index (χ0n) is 32.1. The first-order valence-corrected chi connectivity index (χ1v) is 19.9. The largest absolute Gasteiger partial charge is 0.455 e. The van der Waals surface area contributed by atoms with Gasteiger partial charge in [0, 0.05) is 51.1 Å². The average Bonchev–Trinajstić information content (AvgIpc) is 3.73. The van der Waals surface area contributed by atoms with Crippen molar-refractivity contribution >= 4 is 39.6 Å². The lowest BCUT2D eigenvalue weighted by molar-refractivity contribution is 0.653. The van der Waals surface area contributed by atoms with Crippen molar-refractivity contribution in [1.29, 1.82) is 5.41 Å². The maximum Gasteiger partial charge on any atom is 0.143 e. The molecule has 0 bridgehead atoms. The predicted molar refractivity (Wildman–Crippen MR) is 235 cm³/mol. The lowest BCUT2D eigenvalue weighted by atomic mass is 9.81. The topological polar surface area (TPSA) is 49.4 Å². The van der Waals surface area contributed by atoms with Gasteiger partial charge in [-0.15, -0.1) is 0 Å². The smallest absolute Gasteiger partial charge is 0.143 e. The van der Waals surface area contributed by atoms with Gasteiger partial charge in [-0.2, -0.15) is 0 Å². The van der Waals surface area contributed by atoms with Gasteiger partial charge in [-0.25, -0.2) is 0 Å². The van der Waals surface area contributed by atoms with Gasteiger partial charge in [0.05, 0.1) is 5.70 Å². The molecule has 3 heteroatoms. The Bertz CT molecular complexity index is 2860. The van der Waals surface area contributed by atoms with E-state index >= 15 is 0 Å². The van der Waals surface area contributed by atoms with Crippen LogP contribution < -0.4 is 0 Å². The number of furan rings is 1. The highest BCUT2D eigenvalue weighted by Crippen LogP contribution is 2.53. The third-order valence-electron chi connectivity index (χ3n) is 12.3. The van der Waals surface area contributed by atoms with Crippen LogP contribution >= 0.6 is 0 Å². The molecule has 272 valence electrons. The highest BCUT2D eigenvalue weighted by molar-refractivity contribution is 6.12. The minimum absolute atomic E-state index is 0.154. The van der Waals surface area contributed by atoms with Crippen molar-refractivity contribution in [3.05, 3.63) is 185 Å². The van der Waals surface area contributed by atoms with Gasteiger partial charge in [0.25, 0.3) is 0 Å². The summed E-state index contributed by atoms with van der Waals surface area (Å²) in [6.45, 7) is 6.78. The minimum atomic E-state index is -0.183. The summed E-state index contributed by atoms with van der Waals surface area (Å²) in [7, 11) is 0. The van der Waals surface area contributed by atoms with E-state index in [9.17, 15) is 5.41 Å². The van der Waals surface area contributed by atoms with Crippen LogP contribution in [0.3, 0.4) is 0 Å². The van der Waals surface area contributed by atoms with E-state index in [1.54, 1.807) is 0 Å². The van der Waals surface area contributed by atoms with Gasteiger partial charge in [0.1, 0.15) is 11.2 Å². The number of hydrogen-bond acceptors (Lipinski definition) is 3. The van der Waals surface area contributed by atoms with E-state index in [1.807, 2.05) is 6.07 Å². The van der Waals surface area contributed by atoms with Gasteiger partial charge in [-0.1, -0.05) is 142 Å². The summed E-state index contributed by atoms with van der Waals surface area (Å²) in [5, 5.41) is 11.7. The van der Waals surface area contributed by atoms with Crippen molar-refractivity contribution in [2.75, 3.05) is 0 Å². The average molecular weight is 725 g/mol. The van der Waals surface area contributed by atoms with E-state index in [-0.39, 0.29) is 17.3 Å². The van der Waals surface area contributed by atoms with E-state index < -0.39 is 0 Å². The summed E-state index contributed by atoms with van der Waals surface area (Å²) in [6, 6.07) is 43.8. The Morgan fingerprint density at radius 3 is 2.43 bits per heavy atom. The van der Waals surface area contributed by atoms with Crippen LogP contribution in [0.15, 0.2) is 161 Å². The van der Waals surface area contributed by atoms with Crippen LogP contribution in [-0.4, -0.2) is 11.9 Å². The van der Waals surface area contributed by atoms with Crippen LogP contribution in [0.2, 0.25) is 0 Å². The minimum Gasteiger partial charge on any atom is -0.455 e. The van der Waals surface area contributed by atoms with E-state index in [0.29, 0.717) is 5.71 Å². The maximum atomic E-state index is 9.42. The number of rotatable bonds is 7. The van der Waals surface area contributed by atoms with Crippen molar-refractivity contribution in [2.24, 2.45) is 16.8 Å². The number of aryl methyl sites for hydroxylation is 2. The Balaban J connectivity index is 1.01. The lowest BCUT2D eigenvalue weighted by Gasteiger charge is -2.22. The Morgan fingerprint density at radius 2 is 1.55 bits per heavy atom. The monoisotopic (exact) mass is 724 g/mol. The Labute approximate surface area is 329 Å². The molecule has 0 saturated heterocycles. The molecule has 3 aliphatic carbocycles. The van der Waals surface area contributed by atoms with Crippen molar-refractivity contribution in [3.8, 4) is 33.4 Å². The first kappa shape index (κ1) is 34.2. The molecule has 2 unspecified atom stereocenters. The van der Waals surface area contributed by atoms with Crippen molar-refractivity contribution < 1.29 is 4.42 Å². The van der Waals surface area contributed by atoms with Crippen molar-refractivity contribution in [1.82, 2.24) is 0 Å². The number of hydrogen-bond donors (Lipinski definition) is 1. The fourth-order valence-electron chi connectivity index (χ4n) is 9.21. The van der Waals surface area contributed by atoms with E-state index in [1.165, 1.54) is 55.5 Å².